The highest BCUT2D eigenvalue weighted by molar-refractivity contribution is 7.89. The van der Waals surface area contributed by atoms with Gasteiger partial charge in [0.05, 0.1) is 17.8 Å². The summed E-state index contributed by atoms with van der Waals surface area (Å²) in [6.07, 6.45) is 1.61. The summed E-state index contributed by atoms with van der Waals surface area (Å²) in [5.74, 6) is -1.83. The van der Waals surface area contributed by atoms with Crippen LogP contribution < -0.4 is 15.4 Å². The van der Waals surface area contributed by atoms with Crippen LogP contribution in [0.25, 0.3) is 0 Å². The number of hydrogen-bond donors (Lipinski definition) is 3. The van der Waals surface area contributed by atoms with Gasteiger partial charge in [-0.3, -0.25) is 14.4 Å². The number of rotatable bonds is 13. The van der Waals surface area contributed by atoms with Crippen LogP contribution in [-0.2, 0) is 35.6 Å². The molecule has 3 amide bonds. The van der Waals surface area contributed by atoms with Crippen molar-refractivity contribution in [3.63, 3.8) is 0 Å². The smallest absolute Gasteiger partial charge is 0.260 e. The van der Waals surface area contributed by atoms with Gasteiger partial charge in [-0.1, -0.05) is 109 Å². The molecule has 0 radical (unpaired) electrons. The van der Waals surface area contributed by atoms with Gasteiger partial charge in [-0.2, -0.15) is 0 Å². The maximum atomic E-state index is 14.1. The van der Waals surface area contributed by atoms with Crippen LogP contribution in [0.3, 0.4) is 0 Å². The van der Waals surface area contributed by atoms with Crippen molar-refractivity contribution in [3.8, 4) is 0 Å². The molecule has 0 saturated carbocycles. The molecule has 45 heavy (non-hydrogen) atoms. The molecule has 0 spiro atoms. The van der Waals surface area contributed by atoms with Crippen LogP contribution >= 0.6 is 0 Å². The van der Waals surface area contributed by atoms with Crippen LogP contribution in [0.15, 0.2) is 66.2 Å². The minimum atomic E-state index is -3.96. The fourth-order valence-corrected chi connectivity index (χ4v) is 6.65. The largest absolute Gasteiger partial charge is 0.342 e. The topological polar surface area (TPSA) is 125 Å². The first-order chi connectivity index (χ1) is 20.7. The third-order valence-electron chi connectivity index (χ3n) is 8.30. The Labute approximate surface area is 270 Å². The Morgan fingerprint density at radius 1 is 0.911 bits per heavy atom. The normalized spacial score (nSPS) is 14.8. The van der Waals surface area contributed by atoms with Crippen LogP contribution in [-0.4, -0.2) is 63.3 Å². The molecule has 0 saturated heterocycles. The lowest BCUT2D eigenvalue weighted by Crippen LogP contribution is -2.61. The van der Waals surface area contributed by atoms with Crippen LogP contribution in [0.1, 0.15) is 72.1 Å². The third-order valence-corrected chi connectivity index (χ3v) is 9.49. The number of aryl methyl sites for hydroxylation is 1. The zero-order valence-corrected chi connectivity index (χ0v) is 29.5. The number of hydrogen-bond acceptors (Lipinski definition) is 6. The number of amides is 3. The van der Waals surface area contributed by atoms with Gasteiger partial charge >= 0.3 is 0 Å². The van der Waals surface area contributed by atoms with E-state index in [1.54, 1.807) is 32.3 Å². The average Bonchev–Trinajstić information content (AvgIpc) is 2.94. The molecule has 0 aliphatic rings. The number of sulfonamides is 1. The number of carbonyl (C=O) groups excluding carboxylic acids is 3. The molecule has 248 valence electrons. The molecule has 0 heterocycles. The zero-order chi connectivity index (χ0) is 34.3. The van der Waals surface area contributed by atoms with Gasteiger partial charge in [-0.05, 0) is 48.9 Å². The van der Waals surface area contributed by atoms with Crippen LogP contribution in [0, 0.1) is 18.3 Å². The minimum absolute atomic E-state index is 0.122. The van der Waals surface area contributed by atoms with Gasteiger partial charge < -0.3 is 15.5 Å². The summed E-state index contributed by atoms with van der Waals surface area (Å²) in [4.78, 5) is 42.4. The molecule has 0 fully saturated rings. The van der Waals surface area contributed by atoms with E-state index >= 15 is 0 Å². The Kier molecular flexibility index (Phi) is 12.7. The van der Waals surface area contributed by atoms with E-state index in [1.165, 1.54) is 11.8 Å². The number of carbonyl (C=O) groups is 3. The highest BCUT2D eigenvalue weighted by atomic mass is 32.2. The van der Waals surface area contributed by atoms with Gasteiger partial charge in [-0.25, -0.2) is 13.1 Å². The second-order valence-electron chi connectivity index (χ2n) is 13.8. The molecular weight excluding hydrogens is 588 g/mol. The summed E-state index contributed by atoms with van der Waals surface area (Å²) in [5, 5.41) is 6.16. The summed E-state index contributed by atoms with van der Waals surface area (Å²) < 4.78 is 27.8. The number of benzene rings is 2. The molecule has 0 aliphatic carbocycles. The Hall–Kier alpha value is -3.50. The molecule has 3 atom stereocenters. The third kappa shape index (κ3) is 9.99. The minimum Gasteiger partial charge on any atom is -0.342 e. The molecule has 0 bridgehead atoms. The summed E-state index contributed by atoms with van der Waals surface area (Å²) in [5.41, 5.74) is 1.34. The fraction of sp³-hybridized carbons (Fsp3) is 0.514. The lowest BCUT2D eigenvalue weighted by Gasteiger charge is -2.40. The maximum Gasteiger partial charge on any atom is 0.260 e. The van der Waals surface area contributed by atoms with E-state index in [2.05, 4.69) is 15.4 Å². The van der Waals surface area contributed by atoms with E-state index < -0.39 is 44.9 Å². The Morgan fingerprint density at radius 3 is 1.98 bits per heavy atom. The van der Waals surface area contributed by atoms with Crippen molar-refractivity contribution in [2.24, 2.45) is 11.3 Å². The van der Waals surface area contributed by atoms with Crippen molar-refractivity contribution in [2.75, 3.05) is 14.1 Å². The SMILES string of the molecule is CNC(C(=O)NC(C(=O)N(C)C(C=C(C)C(=O)NS(=O)(=O)Cc1ccccc1C)C(C)C)C(C)(C)C)C(C)(C)c1ccccc1. The van der Waals surface area contributed by atoms with Crippen molar-refractivity contribution < 1.29 is 22.8 Å². The quantitative estimate of drug-likeness (QED) is 0.278. The van der Waals surface area contributed by atoms with Crippen LogP contribution in [0.5, 0.6) is 0 Å². The lowest BCUT2D eigenvalue weighted by molar-refractivity contribution is -0.140. The number of nitrogens with zero attached hydrogens (tertiary/aromatic N) is 1. The highest BCUT2D eigenvalue weighted by Crippen LogP contribution is 2.29. The van der Waals surface area contributed by atoms with Crippen molar-refractivity contribution in [2.45, 2.75) is 91.6 Å². The molecule has 10 heteroatoms. The predicted molar refractivity (Wildman–Crippen MR) is 181 cm³/mol. The van der Waals surface area contributed by atoms with Gasteiger partial charge in [0.1, 0.15) is 6.04 Å². The first kappa shape index (κ1) is 37.7. The molecule has 2 rings (SSSR count). The van der Waals surface area contributed by atoms with E-state index in [9.17, 15) is 22.8 Å². The molecule has 9 nitrogen and oxygen atoms in total. The first-order valence-electron chi connectivity index (χ1n) is 15.3. The van der Waals surface area contributed by atoms with Crippen molar-refractivity contribution >= 4 is 27.7 Å². The molecule has 3 N–H and O–H groups in total. The molecule has 3 unspecified atom stereocenters. The standard InChI is InChI=1S/C35H52N4O5S/c1-23(2)28(21-25(4)31(40)38-45(43,44)22-26-18-16-15-17-24(26)3)39(11)33(42)30(34(5,6)7)37-32(41)29(36-10)35(8,9)27-19-13-12-14-20-27/h12-21,23,28-30,36H,22H2,1-11H3,(H,37,41)(H,38,40). The second kappa shape index (κ2) is 15.2. The fourth-order valence-electron chi connectivity index (χ4n) is 5.40. The molecule has 0 aliphatic heterocycles. The predicted octanol–water partition coefficient (Wildman–Crippen LogP) is 4.47. The van der Waals surface area contributed by atoms with Gasteiger partial charge in [0, 0.05) is 18.0 Å². The summed E-state index contributed by atoms with van der Waals surface area (Å²) in [6.45, 7) is 16.8. The summed E-state index contributed by atoms with van der Waals surface area (Å²) in [6, 6.07) is 14.8. The summed E-state index contributed by atoms with van der Waals surface area (Å²) >= 11 is 0. The summed E-state index contributed by atoms with van der Waals surface area (Å²) in [7, 11) is -0.595. The van der Waals surface area contributed by atoms with Gasteiger partial charge in [-0.15, -0.1) is 0 Å². The zero-order valence-electron chi connectivity index (χ0n) is 28.7. The van der Waals surface area contributed by atoms with Crippen molar-refractivity contribution in [1.82, 2.24) is 20.3 Å². The van der Waals surface area contributed by atoms with Gasteiger partial charge in [0.2, 0.25) is 21.8 Å². The monoisotopic (exact) mass is 640 g/mol. The second-order valence-corrected chi connectivity index (χ2v) is 15.5. The van der Waals surface area contributed by atoms with Gasteiger partial charge in [0.25, 0.3) is 5.91 Å². The molecule has 2 aromatic rings. The van der Waals surface area contributed by atoms with E-state index in [0.717, 1.165) is 11.1 Å². The first-order valence-corrected chi connectivity index (χ1v) is 17.0. The molecule has 0 aromatic heterocycles. The number of likely N-dealkylation sites (N-methyl/N-ethyl adjacent to an activating group) is 2. The average molecular weight is 641 g/mol. The Bertz CT molecular complexity index is 1480. The maximum absolute atomic E-state index is 14.1. The lowest BCUT2D eigenvalue weighted by atomic mass is 9.76. The van der Waals surface area contributed by atoms with Crippen molar-refractivity contribution in [3.05, 3.63) is 82.9 Å². The Balaban J connectivity index is 2.30. The molecular formula is C35H52N4O5S. The highest BCUT2D eigenvalue weighted by Gasteiger charge is 2.41. The van der Waals surface area contributed by atoms with Crippen LogP contribution in [0.4, 0.5) is 0 Å². The Morgan fingerprint density at radius 2 is 1.47 bits per heavy atom. The van der Waals surface area contributed by atoms with Gasteiger partial charge in [0.15, 0.2) is 0 Å². The van der Waals surface area contributed by atoms with E-state index in [0.29, 0.717) is 5.56 Å². The van der Waals surface area contributed by atoms with Crippen LogP contribution in [0.2, 0.25) is 0 Å². The van der Waals surface area contributed by atoms with E-state index in [4.69, 9.17) is 0 Å². The molecule has 2 aromatic carbocycles. The number of nitrogens with one attached hydrogen (secondary N) is 3. The van der Waals surface area contributed by atoms with E-state index in [1.807, 2.05) is 97.9 Å². The van der Waals surface area contributed by atoms with Crippen molar-refractivity contribution in [1.29, 1.82) is 0 Å². The van der Waals surface area contributed by atoms with E-state index in [-0.39, 0.29) is 29.1 Å².